The van der Waals surface area contributed by atoms with Gasteiger partial charge in [0.15, 0.2) is 0 Å². The lowest BCUT2D eigenvalue weighted by atomic mass is 10.1. The van der Waals surface area contributed by atoms with Gasteiger partial charge in [0.05, 0.1) is 17.1 Å². The minimum atomic E-state index is -3.97. The molecule has 10 heteroatoms. The van der Waals surface area contributed by atoms with Crippen LogP contribution in [0.1, 0.15) is 37.4 Å². The van der Waals surface area contributed by atoms with Gasteiger partial charge in [0.1, 0.15) is 11.9 Å². The molecule has 0 saturated carbocycles. The highest BCUT2D eigenvalue weighted by atomic mass is 32.2. The molecule has 0 radical (unpaired) electrons. The van der Waals surface area contributed by atoms with E-state index >= 15 is 0 Å². The van der Waals surface area contributed by atoms with Crippen molar-refractivity contribution in [2.24, 2.45) is 0 Å². The van der Waals surface area contributed by atoms with Crippen LogP contribution in [0.5, 0.6) is 0 Å². The Hall–Kier alpha value is -2.46. The number of hydrogen-bond donors (Lipinski definition) is 1. The Morgan fingerprint density at radius 1 is 1.27 bits per heavy atom. The largest absolute Gasteiger partial charge is 0.349 e. The molecule has 1 aromatic carbocycles. The summed E-state index contributed by atoms with van der Waals surface area (Å²) in [6.07, 6.45) is 1.71. The van der Waals surface area contributed by atoms with Crippen LogP contribution >= 0.6 is 0 Å². The van der Waals surface area contributed by atoms with Crippen LogP contribution < -0.4 is 5.32 Å². The zero-order valence-electron chi connectivity index (χ0n) is 16.3. The first-order valence-electron chi connectivity index (χ1n) is 9.53. The van der Waals surface area contributed by atoms with Crippen molar-refractivity contribution in [2.75, 3.05) is 6.54 Å². The fourth-order valence-corrected chi connectivity index (χ4v) is 4.99. The van der Waals surface area contributed by atoms with Crippen LogP contribution in [0.3, 0.4) is 0 Å². The molecule has 1 aliphatic rings. The van der Waals surface area contributed by atoms with Gasteiger partial charge in [-0.3, -0.25) is 9.78 Å². The molecule has 1 aliphatic heterocycles. The molecule has 162 valence electrons. The fraction of sp³-hybridized carbons (Fsp3) is 0.400. The van der Waals surface area contributed by atoms with Crippen LogP contribution in [0, 0.1) is 5.82 Å². The van der Waals surface area contributed by atoms with Gasteiger partial charge in [-0.05, 0) is 49.2 Å². The van der Waals surface area contributed by atoms with Crippen molar-refractivity contribution in [2.45, 2.75) is 49.6 Å². The summed E-state index contributed by atoms with van der Waals surface area (Å²) in [5.74, 6) is -4.09. The molecule has 6 nitrogen and oxygen atoms in total. The Balaban J connectivity index is 1.71. The van der Waals surface area contributed by atoms with Gasteiger partial charge in [0.25, 0.3) is 5.92 Å². The molecular formula is C20H22F3N3O3S. The standard InChI is InChI=1S/C20H22F3N3O3S/c1-2-20(22,23)14-9-10-24-16(12-14)13-25-19(27)18-4-3-11-26(18)30(28,29)17-7-5-15(21)6-8-17/h5-10,12,18H,2-4,11,13H2,1H3,(H,25,27)/t18-/m0/s1. The predicted octanol–water partition coefficient (Wildman–Crippen LogP) is 3.19. The third kappa shape index (κ3) is 4.65. The second-order valence-corrected chi connectivity index (χ2v) is 8.93. The molecule has 30 heavy (non-hydrogen) atoms. The maximum Gasteiger partial charge on any atom is 0.273 e. The van der Waals surface area contributed by atoms with Crippen molar-refractivity contribution >= 4 is 15.9 Å². The summed E-state index contributed by atoms with van der Waals surface area (Å²) in [5, 5.41) is 2.59. The molecule has 1 fully saturated rings. The highest BCUT2D eigenvalue weighted by Crippen LogP contribution is 2.31. The van der Waals surface area contributed by atoms with E-state index in [0.29, 0.717) is 12.8 Å². The number of pyridine rings is 1. The van der Waals surface area contributed by atoms with E-state index < -0.39 is 33.7 Å². The number of sulfonamides is 1. The number of benzene rings is 1. The quantitative estimate of drug-likeness (QED) is 0.716. The summed E-state index contributed by atoms with van der Waals surface area (Å²) in [6.45, 7) is 1.43. The van der Waals surface area contributed by atoms with Gasteiger partial charge in [0, 0.05) is 24.7 Å². The van der Waals surface area contributed by atoms with E-state index in [1.165, 1.54) is 25.3 Å². The van der Waals surface area contributed by atoms with Gasteiger partial charge in [-0.25, -0.2) is 21.6 Å². The molecule has 1 amide bonds. The van der Waals surface area contributed by atoms with E-state index in [4.69, 9.17) is 0 Å². The van der Waals surface area contributed by atoms with Gasteiger partial charge in [-0.1, -0.05) is 6.92 Å². The molecule has 1 atom stereocenters. The number of carbonyl (C=O) groups is 1. The molecule has 1 saturated heterocycles. The van der Waals surface area contributed by atoms with Gasteiger partial charge < -0.3 is 5.32 Å². The van der Waals surface area contributed by atoms with Crippen molar-refractivity contribution in [3.8, 4) is 0 Å². The minimum absolute atomic E-state index is 0.0974. The maximum absolute atomic E-state index is 13.9. The van der Waals surface area contributed by atoms with Crippen molar-refractivity contribution in [1.29, 1.82) is 0 Å². The second-order valence-electron chi connectivity index (χ2n) is 7.04. The summed E-state index contributed by atoms with van der Waals surface area (Å²) in [4.78, 5) is 16.5. The molecule has 2 heterocycles. The van der Waals surface area contributed by atoms with Gasteiger partial charge in [0.2, 0.25) is 15.9 Å². The number of halogens is 3. The molecule has 0 bridgehead atoms. The summed E-state index contributed by atoms with van der Waals surface area (Å²) in [5.41, 5.74) is 0.0607. The molecule has 1 N–H and O–H groups in total. The number of nitrogens with one attached hydrogen (secondary N) is 1. The van der Waals surface area contributed by atoms with Crippen molar-refractivity contribution in [3.05, 3.63) is 59.7 Å². The zero-order valence-corrected chi connectivity index (χ0v) is 17.1. The van der Waals surface area contributed by atoms with Gasteiger partial charge in [-0.15, -0.1) is 0 Å². The van der Waals surface area contributed by atoms with E-state index in [1.54, 1.807) is 0 Å². The lowest BCUT2D eigenvalue weighted by molar-refractivity contribution is -0.124. The molecule has 2 aromatic rings. The number of alkyl halides is 2. The highest BCUT2D eigenvalue weighted by Gasteiger charge is 2.39. The predicted molar refractivity (Wildman–Crippen MR) is 104 cm³/mol. The Morgan fingerprint density at radius 3 is 2.63 bits per heavy atom. The summed E-state index contributed by atoms with van der Waals surface area (Å²) in [7, 11) is -3.97. The lowest BCUT2D eigenvalue weighted by Crippen LogP contribution is -2.45. The van der Waals surface area contributed by atoms with Crippen LogP contribution in [0.2, 0.25) is 0 Å². The third-order valence-corrected chi connectivity index (χ3v) is 6.98. The number of rotatable bonds is 7. The normalized spacial score (nSPS) is 17.8. The first-order valence-corrected chi connectivity index (χ1v) is 11.0. The van der Waals surface area contributed by atoms with Crippen molar-refractivity contribution < 1.29 is 26.4 Å². The van der Waals surface area contributed by atoms with Gasteiger partial charge in [-0.2, -0.15) is 4.31 Å². The Bertz CT molecular complexity index is 1010. The van der Waals surface area contributed by atoms with Crippen LogP contribution in [0.4, 0.5) is 13.2 Å². The fourth-order valence-electron chi connectivity index (χ4n) is 3.33. The number of carbonyl (C=O) groups excluding carboxylic acids is 1. The summed E-state index contributed by atoms with van der Waals surface area (Å²) in [6, 6.07) is 5.92. The molecule has 0 aliphatic carbocycles. The first kappa shape index (κ1) is 22.2. The van der Waals surface area contributed by atoms with E-state index in [9.17, 15) is 26.4 Å². The van der Waals surface area contributed by atoms with Crippen molar-refractivity contribution in [3.63, 3.8) is 0 Å². The second kappa shape index (κ2) is 8.73. The van der Waals surface area contributed by atoms with Crippen LogP contribution in [-0.4, -0.2) is 36.2 Å². The summed E-state index contributed by atoms with van der Waals surface area (Å²) < 4.78 is 67.6. The van der Waals surface area contributed by atoms with Crippen LogP contribution in [0.25, 0.3) is 0 Å². The Labute approximate surface area is 173 Å². The molecule has 0 unspecified atom stereocenters. The minimum Gasteiger partial charge on any atom is -0.349 e. The number of hydrogen-bond acceptors (Lipinski definition) is 4. The Morgan fingerprint density at radius 2 is 1.97 bits per heavy atom. The Kier molecular flexibility index (Phi) is 6.47. The number of amides is 1. The molecule has 1 aromatic heterocycles. The maximum atomic E-state index is 13.9. The average Bonchev–Trinajstić information content (AvgIpc) is 3.23. The zero-order chi connectivity index (χ0) is 21.9. The smallest absolute Gasteiger partial charge is 0.273 e. The topological polar surface area (TPSA) is 79.4 Å². The van der Waals surface area contributed by atoms with Gasteiger partial charge >= 0.3 is 0 Å². The van der Waals surface area contributed by atoms with E-state index in [1.807, 2.05) is 0 Å². The van der Waals surface area contributed by atoms with E-state index in [2.05, 4.69) is 10.3 Å². The summed E-state index contributed by atoms with van der Waals surface area (Å²) >= 11 is 0. The van der Waals surface area contributed by atoms with Crippen molar-refractivity contribution in [1.82, 2.24) is 14.6 Å². The van der Waals surface area contributed by atoms with E-state index in [0.717, 1.165) is 28.6 Å². The SMILES string of the molecule is CCC(F)(F)c1ccnc(CNC(=O)[C@@H]2CCCN2S(=O)(=O)c2ccc(F)cc2)c1. The average molecular weight is 441 g/mol. The third-order valence-electron chi connectivity index (χ3n) is 5.05. The number of aromatic nitrogens is 1. The monoisotopic (exact) mass is 441 g/mol. The molecule has 3 rings (SSSR count). The van der Waals surface area contributed by atoms with Crippen LogP contribution in [-0.2, 0) is 27.3 Å². The molecular weight excluding hydrogens is 419 g/mol. The lowest BCUT2D eigenvalue weighted by Gasteiger charge is -2.23. The van der Waals surface area contributed by atoms with E-state index in [-0.39, 0.29) is 35.7 Å². The van der Waals surface area contributed by atoms with Crippen LogP contribution in [0.15, 0.2) is 47.5 Å². The highest BCUT2D eigenvalue weighted by molar-refractivity contribution is 7.89. The first-order chi connectivity index (χ1) is 14.1. The molecule has 0 spiro atoms. The number of nitrogens with zero attached hydrogens (tertiary/aromatic N) is 2.